The molecule has 156 valence electrons. The summed E-state index contributed by atoms with van der Waals surface area (Å²) < 4.78 is 31.8. The first kappa shape index (κ1) is 22.1. The largest absolute Gasteiger partial charge is 0.480 e. The second kappa shape index (κ2) is 8.46. The van der Waals surface area contributed by atoms with Crippen LogP contribution in [0.1, 0.15) is 32.8 Å². The number of carbonyl (C=O) groups is 2. The van der Waals surface area contributed by atoms with E-state index in [0.29, 0.717) is 0 Å². The summed E-state index contributed by atoms with van der Waals surface area (Å²) in [6.07, 6.45) is -0.809. The highest BCUT2D eigenvalue weighted by atomic mass is 32.2. The zero-order valence-electron chi connectivity index (χ0n) is 16.4. The Morgan fingerprint density at radius 2 is 1.93 bits per heavy atom. The van der Waals surface area contributed by atoms with Crippen LogP contribution in [0.25, 0.3) is 0 Å². The number of aliphatic carboxylic acids is 1. The zero-order chi connectivity index (χ0) is 21.1. The molecule has 0 spiro atoms. The number of rotatable bonds is 6. The number of hydrogen-bond acceptors (Lipinski definition) is 6. The highest BCUT2D eigenvalue weighted by molar-refractivity contribution is 7.89. The van der Waals surface area contributed by atoms with Crippen LogP contribution in [0.4, 0.5) is 4.79 Å². The Morgan fingerprint density at radius 1 is 1.32 bits per heavy atom. The van der Waals surface area contributed by atoms with Gasteiger partial charge >= 0.3 is 12.1 Å². The molecule has 2 atom stereocenters. The van der Waals surface area contributed by atoms with Crippen LogP contribution < -0.4 is 10.6 Å². The summed E-state index contributed by atoms with van der Waals surface area (Å²) in [5.41, 5.74) is 0.200. The van der Waals surface area contributed by atoms with Gasteiger partial charge < -0.3 is 15.2 Å². The number of ether oxygens (including phenoxy) is 1. The van der Waals surface area contributed by atoms with Crippen LogP contribution in [0.2, 0.25) is 0 Å². The van der Waals surface area contributed by atoms with Gasteiger partial charge in [-0.3, -0.25) is 5.32 Å². The van der Waals surface area contributed by atoms with E-state index in [9.17, 15) is 23.1 Å². The van der Waals surface area contributed by atoms with Crippen LogP contribution >= 0.6 is 0 Å². The molecular weight excluding hydrogens is 386 g/mol. The summed E-state index contributed by atoms with van der Waals surface area (Å²) in [5, 5.41) is 14.7. The summed E-state index contributed by atoms with van der Waals surface area (Å²) in [6, 6.07) is 4.91. The van der Waals surface area contributed by atoms with E-state index in [1.807, 2.05) is 6.92 Å². The second-order valence-corrected chi connectivity index (χ2v) is 9.72. The molecule has 0 radical (unpaired) electrons. The number of sulfonamides is 1. The molecule has 9 nitrogen and oxygen atoms in total. The van der Waals surface area contributed by atoms with Crippen LogP contribution in [-0.4, -0.2) is 60.8 Å². The van der Waals surface area contributed by atoms with Gasteiger partial charge in [-0.15, -0.1) is 0 Å². The molecule has 1 aliphatic rings. The third kappa shape index (κ3) is 5.91. The second-order valence-electron chi connectivity index (χ2n) is 7.78. The van der Waals surface area contributed by atoms with Gasteiger partial charge in [0, 0.05) is 12.6 Å². The smallest absolute Gasteiger partial charge is 0.408 e. The summed E-state index contributed by atoms with van der Waals surface area (Å²) >= 11 is 0. The number of hydrogen-bond donors (Lipinski definition) is 3. The third-order valence-electron chi connectivity index (χ3n) is 4.15. The molecule has 1 saturated heterocycles. The Kier molecular flexibility index (Phi) is 6.68. The fourth-order valence-corrected chi connectivity index (χ4v) is 4.16. The normalized spacial score (nSPS) is 19.2. The summed E-state index contributed by atoms with van der Waals surface area (Å²) in [6.45, 7) is 7.07. The number of aryl methyl sites for hydroxylation is 1. The van der Waals surface area contributed by atoms with E-state index in [-0.39, 0.29) is 24.5 Å². The predicted molar refractivity (Wildman–Crippen MR) is 102 cm³/mol. The summed E-state index contributed by atoms with van der Waals surface area (Å²) in [5.74, 6) is -1.22. The first-order valence-electron chi connectivity index (χ1n) is 8.91. The SMILES string of the molecule is Cc1ccc(S(=O)(=O)N2CN[C@H](C[C@H](NC(=O)OC(C)(C)C)C(=O)O)C2)cc1. The van der Waals surface area contributed by atoms with Crippen molar-refractivity contribution in [1.82, 2.24) is 14.9 Å². The molecule has 1 amide bonds. The molecule has 0 aliphatic carbocycles. The van der Waals surface area contributed by atoms with E-state index in [2.05, 4.69) is 10.6 Å². The minimum atomic E-state index is -3.68. The van der Waals surface area contributed by atoms with Crippen molar-refractivity contribution < 1.29 is 27.9 Å². The Labute approximate surface area is 165 Å². The molecule has 1 aromatic rings. The number of carboxylic acid groups (broad SMARTS) is 1. The maximum Gasteiger partial charge on any atom is 0.408 e. The van der Waals surface area contributed by atoms with Crippen molar-refractivity contribution in [3.63, 3.8) is 0 Å². The molecule has 3 N–H and O–H groups in total. The lowest BCUT2D eigenvalue weighted by Crippen LogP contribution is -2.46. The lowest BCUT2D eigenvalue weighted by Gasteiger charge is -2.23. The fourth-order valence-electron chi connectivity index (χ4n) is 2.76. The van der Waals surface area contributed by atoms with Crippen LogP contribution in [-0.2, 0) is 19.6 Å². The molecule has 1 fully saturated rings. The minimum Gasteiger partial charge on any atom is -0.480 e. The predicted octanol–water partition coefficient (Wildman–Crippen LogP) is 1.28. The number of benzene rings is 1. The van der Waals surface area contributed by atoms with E-state index in [1.165, 1.54) is 4.31 Å². The molecule has 0 bridgehead atoms. The van der Waals surface area contributed by atoms with Gasteiger partial charge in [-0.25, -0.2) is 18.0 Å². The molecule has 10 heteroatoms. The average Bonchev–Trinajstić information content (AvgIpc) is 3.02. The number of amides is 1. The number of nitrogens with zero attached hydrogens (tertiary/aromatic N) is 1. The van der Waals surface area contributed by atoms with Crippen LogP contribution in [0.5, 0.6) is 0 Å². The van der Waals surface area contributed by atoms with Crippen LogP contribution in [0.15, 0.2) is 29.2 Å². The molecular formula is C18H27N3O6S. The van der Waals surface area contributed by atoms with Crippen molar-refractivity contribution in [3.05, 3.63) is 29.8 Å². The number of carboxylic acids is 1. The van der Waals surface area contributed by atoms with Gasteiger partial charge in [0.1, 0.15) is 11.6 Å². The van der Waals surface area contributed by atoms with Gasteiger partial charge in [0.15, 0.2) is 0 Å². The van der Waals surface area contributed by atoms with Crippen molar-refractivity contribution in [3.8, 4) is 0 Å². The molecule has 0 aromatic heterocycles. The van der Waals surface area contributed by atoms with Crippen LogP contribution in [0.3, 0.4) is 0 Å². The van der Waals surface area contributed by atoms with Crippen molar-refractivity contribution >= 4 is 22.1 Å². The van der Waals surface area contributed by atoms with Gasteiger partial charge in [-0.05, 0) is 46.2 Å². The number of nitrogens with one attached hydrogen (secondary N) is 2. The zero-order valence-corrected chi connectivity index (χ0v) is 17.2. The molecule has 2 rings (SSSR count). The molecule has 1 aliphatic heterocycles. The first-order valence-corrected chi connectivity index (χ1v) is 10.3. The highest BCUT2D eigenvalue weighted by Gasteiger charge is 2.35. The van der Waals surface area contributed by atoms with Crippen molar-refractivity contribution in [1.29, 1.82) is 0 Å². The fraction of sp³-hybridized carbons (Fsp3) is 0.556. The van der Waals surface area contributed by atoms with E-state index in [0.717, 1.165) is 5.56 Å². The standard InChI is InChI=1S/C18H27N3O6S/c1-12-5-7-14(8-6-12)28(25,26)21-10-13(19-11-21)9-15(16(22)23)20-17(24)27-18(2,3)4/h5-8,13,15,19H,9-11H2,1-4H3,(H,20,24)(H,22,23)/t13-,15+/m1/s1. The van der Waals surface area contributed by atoms with Gasteiger partial charge in [-0.1, -0.05) is 17.7 Å². The van der Waals surface area contributed by atoms with Gasteiger partial charge in [0.2, 0.25) is 10.0 Å². The molecule has 1 heterocycles. The van der Waals surface area contributed by atoms with E-state index >= 15 is 0 Å². The summed E-state index contributed by atoms with van der Waals surface area (Å²) in [4.78, 5) is 23.5. The number of carbonyl (C=O) groups excluding carboxylic acids is 1. The van der Waals surface area contributed by atoms with Gasteiger partial charge in [0.05, 0.1) is 11.6 Å². The molecule has 0 unspecified atom stereocenters. The Balaban J connectivity index is 2.00. The van der Waals surface area contributed by atoms with Gasteiger partial charge in [-0.2, -0.15) is 4.31 Å². The van der Waals surface area contributed by atoms with Crippen molar-refractivity contribution in [2.24, 2.45) is 0 Å². The van der Waals surface area contributed by atoms with Crippen molar-refractivity contribution in [2.75, 3.05) is 13.2 Å². The minimum absolute atomic E-state index is 0.0223. The Bertz CT molecular complexity index is 817. The molecule has 28 heavy (non-hydrogen) atoms. The first-order chi connectivity index (χ1) is 12.9. The quantitative estimate of drug-likeness (QED) is 0.641. The van der Waals surface area contributed by atoms with Crippen LogP contribution in [0, 0.1) is 6.92 Å². The lowest BCUT2D eigenvalue weighted by molar-refractivity contribution is -0.139. The molecule has 0 saturated carbocycles. The van der Waals surface area contributed by atoms with Gasteiger partial charge in [0.25, 0.3) is 0 Å². The highest BCUT2D eigenvalue weighted by Crippen LogP contribution is 2.20. The van der Waals surface area contributed by atoms with E-state index < -0.39 is 39.8 Å². The maximum absolute atomic E-state index is 12.7. The molecule has 1 aromatic carbocycles. The average molecular weight is 413 g/mol. The Morgan fingerprint density at radius 3 is 2.46 bits per heavy atom. The topological polar surface area (TPSA) is 125 Å². The number of alkyl carbamates (subject to hydrolysis) is 1. The van der Waals surface area contributed by atoms with Crippen molar-refractivity contribution in [2.45, 2.75) is 56.7 Å². The monoisotopic (exact) mass is 413 g/mol. The lowest BCUT2D eigenvalue weighted by atomic mass is 10.1. The third-order valence-corrected chi connectivity index (χ3v) is 5.97. The maximum atomic E-state index is 12.7. The summed E-state index contributed by atoms with van der Waals surface area (Å²) in [7, 11) is -3.68. The van der Waals surface area contributed by atoms with E-state index in [4.69, 9.17) is 4.74 Å². The Hall–Kier alpha value is -2.17. The van der Waals surface area contributed by atoms with E-state index in [1.54, 1.807) is 45.0 Å².